The molecule has 0 fully saturated rings. The van der Waals surface area contributed by atoms with Crippen LogP contribution in [0.25, 0.3) is 0 Å². The average Bonchev–Trinajstić information content (AvgIpc) is 2.84. The van der Waals surface area contributed by atoms with E-state index in [9.17, 15) is 19.5 Å². The summed E-state index contributed by atoms with van der Waals surface area (Å²) in [5.41, 5.74) is 0.159. The van der Waals surface area contributed by atoms with Crippen LogP contribution < -0.4 is 5.32 Å². The maximum absolute atomic E-state index is 13.1. The molecule has 1 aromatic carbocycles. The molecule has 2 unspecified atom stereocenters. The molecule has 6 nitrogen and oxygen atoms in total. The van der Waals surface area contributed by atoms with Gasteiger partial charge in [0, 0.05) is 18.0 Å². The molecule has 0 saturated carbocycles. The summed E-state index contributed by atoms with van der Waals surface area (Å²) in [7, 11) is 0. The minimum absolute atomic E-state index is 0.176. The zero-order chi connectivity index (χ0) is 29.3. The number of ether oxygens (including phenoxy) is 1. The molecule has 39 heavy (non-hydrogen) atoms. The Bertz CT molecular complexity index is 902. The number of allylic oxidation sites excluding steroid dienone is 1. The second-order valence-electron chi connectivity index (χ2n) is 11.9. The van der Waals surface area contributed by atoms with Gasteiger partial charge in [-0.25, -0.2) is 0 Å². The predicted octanol–water partition coefficient (Wildman–Crippen LogP) is 7.33. The van der Waals surface area contributed by atoms with E-state index in [0.717, 1.165) is 76.2 Å². The summed E-state index contributed by atoms with van der Waals surface area (Å²) >= 11 is 0. The van der Waals surface area contributed by atoms with Crippen LogP contribution in [0.15, 0.2) is 42.2 Å². The lowest BCUT2D eigenvalue weighted by molar-refractivity contribution is -0.139. The first-order valence-corrected chi connectivity index (χ1v) is 14.9. The number of carbonyl (C=O) groups excluding carboxylic acids is 3. The molecule has 1 amide bonds. The molecule has 0 aliphatic carbocycles. The highest BCUT2D eigenvalue weighted by Gasteiger charge is 2.36. The highest BCUT2D eigenvalue weighted by molar-refractivity contribution is 5.89. The largest absolute Gasteiger partial charge is 0.431 e. The zero-order valence-electron chi connectivity index (χ0n) is 25.3. The molecule has 0 aliphatic heterocycles. The third-order valence-electron chi connectivity index (χ3n) is 7.12. The molecule has 6 heteroatoms. The number of aliphatic hydroxyl groups excluding tert-OH is 1. The van der Waals surface area contributed by atoms with Gasteiger partial charge in [0.2, 0.25) is 5.91 Å². The smallest absolute Gasteiger partial charge is 0.310 e. The average molecular weight is 544 g/mol. The van der Waals surface area contributed by atoms with Crippen molar-refractivity contribution in [3.05, 3.63) is 47.7 Å². The normalized spacial score (nSPS) is 14.4. The van der Waals surface area contributed by atoms with Crippen molar-refractivity contribution in [2.75, 3.05) is 0 Å². The van der Waals surface area contributed by atoms with E-state index in [1.807, 2.05) is 51.1 Å². The van der Waals surface area contributed by atoms with Gasteiger partial charge in [0.1, 0.15) is 11.5 Å². The number of carbonyl (C=O) groups is 3. The van der Waals surface area contributed by atoms with Crippen molar-refractivity contribution in [1.29, 1.82) is 0 Å². The van der Waals surface area contributed by atoms with Crippen LogP contribution in [-0.4, -0.2) is 34.4 Å². The number of rotatable bonds is 19. The van der Waals surface area contributed by atoms with Gasteiger partial charge in [0.05, 0.1) is 11.5 Å². The lowest BCUT2D eigenvalue weighted by Crippen LogP contribution is -2.39. The maximum atomic E-state index is 13.1. The van der Waals surface area contributed by atoms with Crippen LogP contribution in [0.1, 0.15) is 131 Å². The minimum atomic E-state index is -0.543. The summed E-state index contributed by atoms with van der Waals surface area (Å²) < 4.78 is 5.28. The van der Waals surface area contributed by atoms with E-state index in [0.29, 0.717) is 12.8 Å². The Morgan fingerprint density at radius 2 is 1.51 bits per heavy atom. The molecule has 0 aromatic heterocycles. The molecule has 0 saturated heterocycles. The van der Waals surface area contributed by atoms with Crippen molar-refractivity contribution in [1.82, 2.24) is 5.32 Å². The summed E-state index contributed by atoms with van der Waals surface area (Å²) in [6.45, 7) is 11.1. The molecule has 2 N–H and O–H groups in total. The van der Waals surface area contributed by atoms with Crippen LogP contribution in [-0.2, 0) is 24.5 Å². The van der Waals surface area contributed by atoms with Crippen molar-refractivity contribution >= 4 is 17.7 Å². The summed E-state index contributed by atoms with van der Waals surface area (Å²) in [6.07, 6.45) is 11.8. The van der Waals surface area contributed by atoms with E-state index < -0.39 is 5.41 Å². The molecule has 1 rings (SSSR count). The van der Waals surface area contributed by atoms with Crippen LogP contribution in [0.4, 0.5) is 0 Å². The third kappa shape index (κ3) is 14.5. The molecular formula is C33H53NO5. The van der Waals surface area contributed by atoms with E-state index in [-0.39, 0.29) is 35.1 Å². The standard InChI is InChI=1S/C33H53NO5/c1-7-8-12-20-29(36)21-17-24-33(27(3)35,28-18-13-11-14-19-28)23-16-10-9-15-22-31(38)39-26(2)25-30(37)34-32(4,5)6/h11,13-14,18-19,25,29,36H,7-10,12,15-17,20-24H2,1-6H3,(H,34,37)/b26-25-. The van der Waals surface area contributed by atoms with Crippen LogP contribution >= 0.6 is 0 Å². The fourth-order valence-corrected chi connectivity index (χ4v) is 5.04. The number of hydrogen-bond acceptors (Lipinski definition) is 5. The molecule has 0 spiro atoms. The number of aliphatic hydroxyl groups is 1. The molecule has 0 radical (unpaired) electrons. The first kappa shape index (κ1) is 34.6. The Morgan fingerprint density at radius 1 is 0.897 bits per heavy atom. The Hall–Kier alpha value is -2.47. The summed E-state index contributed by atoms with van der Waals surface area (Å²) in [5, 5.41) is 13.2. The van der Waals surface area contributed by atoms with Crippen molar-refractivity contribution in [2.24, 2.45) is 0 Å². The van der Waals surface area contributed by atoms with Crippen molar-refractivity contribution < 1.29 is 24.2 Å². The first-order chi connectivity index (χ1) is 18.4. The van der Waals surface area contributed by atoms with Crippen molar-refractivity contribution in [3.8, 4) is 0 Å². The quantitative estimate of drug-likeness (QED) is 0.0825. The number of benzene rings is 1. The van der Waals surface area contributed by atoms with Crippen LogP contribution in [0.2, 0.25) is 0 Å². The van der Waals surface area contributed by atoms with Gasteiger partial charge in [-0.05, 0) is 78.7 Å². The molecule has 0 aliphatic rings. The second kappa shape index (κ2) is 18.0. The van der Waals surface area contributed by atoms with Gasteiger partial charge in [-0.2, -0.15) is 0 Å². The van der Waals surface area contributed by atoms with Crippen LogP contribution in [0, 0.1) is 0 Å². The Kier molecular flexibility index (Phi) is 15.9. The lowest BCUT2D eigenvalue weighted by Gasteiger charge is -2.33. The van der Waals surface area contributed by atoms with Gasteiger partial charge in [-0.1, -0.05) is 75.8 Å². The number of ketones is 1. The summed E-state index contributed by atoms with van der Waals surface area (Å²) in [5.74, 6) is -0.166. The first-order valence-electron chi connectivity index (χ1n) is 14.9. The van der Waals surface area contributed by atoms with E-state index in [1.165, 1.54) is 6.08 Å². The Morgan fingerprint density at radius 3 is 2.13 bits per heavy atom. The molecular weight excluding hydrogens is 490 g/mol. The van der Waals surface area contributed by atoms with E-state index in [4.69, 9.17) is 4.74 Å². The predicted molar refractivity (Wildman–Crippen MR) is 158 cm³/mol. The Balaban J connectivity index is 2.58. The number of unbranched alkanes of at least 4 members (excludes halogenated alkanes) is 5. The molecule has 2 atom stereocenters. The molecule has 1 aromatic rings. The summed E-state index contributed by atoms with van der Waals surface area (Å²) in [6, 6.07) is 10.0. The topological polar surface area (TPSA) is 92.7 Å². The summed E-state index contributed by atoms with van der Waals surface area (Å²) in [4.78, 5) is 37.2. The van der Waals surface area contributed by atoms with Crippen LogP contribution in [0.3, 0.4) is 0 Å². The van der Waals surface area contributed by atoms with Gasteiger partial charge < -0.3 is 15.2 Å². The highest BCUT2D eigenvalue weighted by atomic mass is 16.5. The number of esters is 1. The lowest BCUT2D eigenvalue weighted by atomic mass is 9.70. The minimum Gasteiger partial charge on any atom is -0.431 e. The van der Waals surface area contributed by atoms with Gasteiger partial charge in [-0.3, -0.25) is 14.4 Å². The van der Waals surface area contributed by atoms with Gasteiger partial charge in [0.15, 0.2) is 0 Å². The molecule has 0 heterocycles. The second-order valence-corrected chi connectivity index (χ2v) is 11.9. The van der Waals surface area contributed by atoms with Crippen LogP contribution in [0.5, 0.6) is 0 Å². The van der Waals surface area contributed by atoms with Crippen molar-refractivity contribution in [3.63, 3.8) is 0 Å². The van der Waals surface area contributed by atoms with E-state index in [2.05, 4.69) is 12.2 Å². The van der Waals surface area contributed by atoms with Crippen molar-refractivity contribution in [2.45, 2.75) is 142 Å². The highest BCUT2D eigenvalue weighted by Crippen LogP contribution is 2.37. The van der Waals surface area contributed by atoms with Gasteiger partial charge in [0.25, 0.3) is 0 Å². The number of Topliss-reactive ketones (excluding diaryl/α,β-unsaturated/α-hetero) is 1. The van der Waals surface area contributed by atoms with E-state index in [1.54, 1.807) is 13.8 Å². The number of nitrogens with one attached hydrogen (secondary N) is 1. The number of hydrogen-bond donors (Lipinski definition) is 2. The zero-order valence-corrected chi connectivity index (χ0v) is 25.3. The molecule has 0 bridgehead atoms. The Labute approximate surface area is 237 Å². The third-order valence-corrected chi connectivity index (χ3v) is 7.12. The fourth-order valence-electron chi connectivity index (χ4n) is 5.04. The van der Waals surface area contributed by atoms with E-state index >= 15 is 0 Å². The number of amides is 1. The van der Waals surface area contributed by atoms with Gasteiger partial charge >= 0.3 is 5.97 Å². The SMILES string of the molecule is CCCCCC(O)CCCC(CCCCCCC(=O)O/C(C)=C\C(=O)NC(C)(C)C)(C(C)=O)c1ccccc1. The monoisotopic (exact) mass is 543 g/mol. The fraction of sp³-hybridized carbons (Fsp3) is 0.667. The molecule has 220 valence electrons. The maximum Gasteiger partial charge on any atom is 0.310 e. The van der Waals surface area contributed by atoms with Gasteiger partial charge in [-0.15, -0.1) is 0 Å².